The predicted molar refractivity (Wildman–Crippen MR) is 76.6 cm³/mol. The third kappa shape index (κ3) is 3.06. The van der Waals surface area contributed by atoms with Crippen LogP contribution in [0.1, 0.15) is 11.1 Å². The lowest BCUT2D eigenvalue weighted by atomic mass is 10.2. The van der Waals surface area contributed by atoms with Crippen LogP contribution in [-0.4, -0.2) is 11.1 Å². The van der Waals surface area contributed by atoms with Gasteiger partial charge in [-0.25, -0.2) is 4.79 Å². The van der Waals surface area contributed by atoms with E-state index in [2.05, 4.69) is 10.6 Å². The number of benzene rings is 2. The molecule has 0 unspecified atom stereocenters. The molecular formula is C15H13N3O2. The number of carbonyl (C=O) groups is 1. The maximum atomic E-state index is 11.8. The third-order valence-electron chi connectivity index (χ3n) is 2.77. The molecule has 0 aliphatic carbocycles. The second kappa shape index (κ2) is 5.76. The van der Waals surface area contributed by atoms with Gasteiger partial charge >= 0.3 is 6.03 Å². The molecule has 5 heteroatoms. The van der Waals surface area contributed by atoms with Gasteiger partial charge in [0.15, 0.2) is 0 Å². The highest BCUT2D eigenvalue weighted by atomic mass is 16.3. The molecule has 0 fully saturated rings. The molecule has 20 heavy (non-hydrogen) atoms. The first-order valence-electron chi connectivity index (χ1n) is 5.97. The van der Waals surface area contributed by atoms with Crippen molar-refractivity contribution in [1.82, 2.24) is 0 Å². The summed E-state index contributed by atoms with van der Waals surface area (Å²) < 4.78 is 0. The molecule has 2 rings (SSSR count). The Morgan fingerprint density at radius 1 is 1.15 bits per heavy atom. The van der Waals surface area contributed by atoms with Gasteiger partial charge in [0.05, 0.1) is 17.3 Å². The topological polar surface area (TPSA) is 85.2 Å². The number of anilines is 2. The van der Waals surface area contributed by atoms with Crippen molar-refractivity contribution in [3.63, 3.8) is 0 Å². The lowest BCUT2D eigenvalue weighted by Gasteiger charge is -2.10. The van der Waals surface area contributed by atoms with Gasteiger partial charge < -0.3 is 15.7 Å². The van der Waals surface area contributed by atoms with E-state index in [0.29, 0.717) is 11.3 Å². The fourth-order valence-corrected chi connectivity index (χ4v) is 1.70. The Balaban J connectivity index is 2.09. The minimum atomic E-state index is -0.459. The van der Waals surface area contributed by atoms with Crippen molar-refractivity contribution in [3.8, 4) is 11.8 Å². The number of hydrogen-bond acceptors (Lipinski definition) is 3. The van der Waals surface area contributed by atoms with Crippen molar-refractivity contribution < 1.29 is 9.90 Å². The molecule has 0 aliphatic rings. The molecule has 3 N–H and O–H groups in total. The normalized spacial score (nSPS) is 9.60. The molecule has 100 valence electrons. The number of nitriles is 1. The zero-order valence-electron chi connectivity index (χ0n) is 10.8. The fourth-order valence-electron chi connectivity index (χ4n) is 1.70. The number of urea groups is 1. The first kappa shape index (κ1) is 13.4. The molecule has 0 saturated heterocycles. The van der Waals surface area contributed by atoms with Crippen LogP contribution in [0.2, 0.25) is 0 Å². The third-order valence-corrected chi connectivity index (χ3v) is 2.77. The van der Waals surface area contributed by atoms with Crippen LogP contribution in [-0.2, 0) is 0 Å². The maximum Gasteiger partial charge on any atom is 0.323 e. The van der Waals surface area contributed by atoms with Crippen LogP contribution in [0, 0.1) is 18.3 Å². The number of amides is 2. The summed E-state index contributed by atoms with van der Waals surface area (Å²) in [5.41, 5.74) is 2.20. The molecule has 5 nitrogen and oxygen atoms in total. The van der Waals surface area contributed by atoms with Gasteiger partial charge in [-0.15, -0.1) is 0 Å². The highest BCUT2D eigenvalue weighted by Crippen LogP contribution is 2.24. The van der Waals surface area contributed by atoms with Crippen LogP contribution in [0.4, 0.5) is 16.2 Å². The van der Waals surface area contributed by atoms with Crippen molar-refractivity contribution in [2.75, 3.05) is 10.6 Å². The van der Waals surface area contributed by atoms with Crippen LogP contribution in [0.25, 0.3) is 0 Å². The first-order valence-corrected chi connectivity index (χ1v) is 5.97. The standard InChI is InChI=1S/C15H13N3O2/c1-10-4-2-3-5-12(10)17-15(20)18-13-7-6-11(9-16)8-14(13)19/h2-8,19H,1H3,(H2,17,18,20). The minimum Gasteiger partial charge on any atom is -0.506 e. The first-order chi connectivity index (χ1) is 9.60. The number of nitrogens with one attached hydrogen (secondary N) is 2. The van der Waals surface area contributed by atoms with E-state index in [9.17, 15) is 9.90 Å². The molecule has 0 aromatic heterocycles. The van der Waals surface area contributed by atoms with Crippen LogP contribution >= 0.6 is 0 Å². The summed E-state index contributed by atoms with van der Waals surface area (Å²) in [7, 11) is 0. The fraction of sp³-hybridized carbons (Fsp3) is 0.0667. The number of aromatic hydroxyl groups is 1. The lowest BCUT2D eigenvalue weighted by Crippen LogP contribution is -2.20. The van der Waals surface area contributed by atoms with Gasteiger partial charge in [-0.3, -0.25) is 0 Å². The molecule has 0 heterocycles. The van der Waals surface area contributed by atoms with Gasteiger partial charge in [0.2, 0.25) is 0 Å². The molecule has 0 radical (unpaired) electrons. The monoisotopic (exact) mass is 267 g/mol. The quantitative estimate of drug-likeness (QED) is 0.730. The van der Waals surface area contributed by atoms with Crippen molar-refractivity contribution >= 4 is 17.4 Å². The molecule has 0 saturated carbocycles. The van der Waals surface area contributed by atoms with Gasteiger partial charge in [0.1, 0.15) is 5.75 Å². The SMILES string of the molecule is Cc1ccccc1NC(=O)Nc1ccc(C#N)cc1O. The average molecular weight is 267 g/mol. The van der Waals surface area contributed by atoms with E-state index in [1.54, 1.807) is 6.07 Å². The number of nitrogens with zero attached hydrogens (tertiary/aromatic N) is 1. The van der Waals surface area contributed by atoms with Crippen LogP contribution in [0.5, 0.6) is 5.75 Å². The zero-order valence-corrected chi connectivity index (χ0v) is 10.8. The van der Waals surface area contributed by atoms with Gasteiger partial charge in [0.25, 0.3) is 0 Å². The molecule has 0 aliphatic heterocycles. The molecule has 0 bridgehead atoms. The van der Waals surface area contributed by atoms with Gasteiger partial charge in [-0.05, 0) is 36.8 Å². The highest BCUT2D eigenvalue weighted by molar-refractivity contribution is 6.01. The molecule has 0 atom stereocenters. The van der Waals surface area contributed by atoms with E-state index in [-0.39, 0.29) is 11.4 Å². The number of rotatable bonds is 2. The summed E-state index contributed by atoms with van der Waals surface area (Å²) in [6.07, 6.45) is 0. The molecular weight excluding hydrogens is 254 g/mol. The van der Waals surface area contributed by atoms with Gasteiger partial charge in [0, 0.05) is 5.69 Å². The van der Waals surface area contributed by atoms with Crippen molar-refractivity contribution in [1.29, 1.82) is 5.26 Å². The van der Waals surface area contributed by atoms with E-state index in [0.717, 1.165) is 5.56 Å². The number of hydrogen-bond donors (Lipinski definition) is 3. The Labute approximate surface area is 116 Å². The Bertz CT molecular complexity index is 690. The average Bonchev–Trinajstić information content (AvgIpc) is 2.43. The summed E-state index contributed by atoms with van der Waals surface area (Å²) in [4.78, 5) is 11.8. The zero-order chi connectivity index (χ0) is 14.5. The van der Waals surface area contributed by atoms with Gasteiger partial charge in [-0.1, -0.05) is 18.2 Å². The van der Waals surface area contributed by atoms with Crippen molar-refractivity contribution in [3.05, 3.63) is 53.6 Å². The number of carbonyl (C=O) groups excluding carboxylic acids is 1. The highest BCUT2D eigenvalue weighted by Gasteiger charge is 2.08. The van der Waals surface area contributed by atoms with E-state index >= 15 is 0 Å². The summed E-state index contributed by atoms with van der Waals surface area (Å²) in [5, 5.41) is 23.6. The summed E-state index contributed by atoms with van der Waals surface area (Å²) in [6.45, 7) is 1.88. The Morgan fingerprint density at radius 3 is 2.50 bits per heavy atom. The minimum absolute atomic E-state index is 0.149. The second-order valence-electron chi connectivity index (χ2n) is 4.24. The summed E-state index contributed by atoms with van der Waals surface area (Å²) in [6, 6.07) is 13.1. The Kier molecular flexibility index (Phi) is 3.87. The van der Waals surface area contributed by atoms with Gasteiger partial charge in [-0.2, -0.15) is 5.26 Å². The smallest absolute Gasteiger partial charge is 0.323 e. The molecule has 2 aromatic carbocycles. The largest absolute Gasteiger partial charge is 0.506 e. The van der Waals surface area contributed by atoms with Crippen molar-refractivity contribution in [2.45, 2.75) is 6.92 Å². The Morgan fingerprint density at radius 2 is 1.85 bits per heavy atom. The summed E-state index contributed by atoms with van der Waals surface area (Å²) in [5.74, 6) is -0.149. The van der Waals surface area contributed by atoms with Crippen molar-refractivity contribution in [2.24, 2.45) is 0 Å². The number of para-hydroxylation sites is 1. The van der Waals surface area contributed by atoms with E-state index in [1.807, 2.05) is 31.2 Å². The molecule has 2 amide bonds. The number of aryl methyl sites for hydroxylation is 1. The molecule has 2 aromatic rings. The Hall–Kier alpha value is -3.00. The van der Waals surface area contributed by atoms with E-state index in [1.165, 1.54) is 18.2 Å². The van der Waals surface area contributed by atoms with Crippen LogP contribution < -0.4 is 10.6 Å². The lowest BCUT2D eigenvalue weighted by molar-refractivity contribution is 0.262. The maximum absolute atomic E-state index is 11.8. The predicted octanol–water partition coefficient (Wildman–Crippen LogP) is 3.22. The molecule has 0 spiro atoms. The van der Waals surface area contributed by atoms with Crippen LogP contribution in [0.3, 0.4) is 0 Å². The van der Waals surface area contributed by atoms with E-state index in [4.69, 9.17) is 5.26 Å². The summed E-state index contributed by atoms with van der Waals surface area (Å²) >= 11 is 0. The second-order valence-corrected chi connectivity index (χ2v) is 4.24. The number of phenols is 1. The number of phenolic OH excluding ortho intramolecular Hbond substituents is 1. The van der Waals surface area contributed by atoms with Crippen LogP contribution in [0.15, 0.2) is 42.5 Å². The van der Waals surface area contributed by atoms with E-state index < -0.39 is 6.03 Å².